The van der Waals surface area contributed by atoms with E-state index in [4.69, 9.17) is 0 Å². The highest BCUT2D eigenvalue weighted by atomic mass is 32.1. The molecule has 0 spiro atoms. The number of likely N-dealkylation sites (N-methyl/N-ethyl adjacent to an activating group) is 1. The minimum Gasteiger partial charge on any atom is -0.349 e. The molecule has 1 heterocycles. The largest absolute Gasteiger partial charge is 0.349 e. The maximum absolute atomic E-state index is 11.3. The summed E-state index contributed by atoms with van der Waals surface area (Å²) >= 11 is 1.42. The summed E-state index contributed by atoms with van der Waals surface area (Å²) < 4.78 is 0. The summed E-state index contributed by atoms with van der Waals surface area (Å²) in [6, 6.07) is 0. The summed E-state index contributed by atoms with van der Waals surface area (Å²) in [6.45, 7) is 4.39. The van der Waals surface area contributed by atoms with Crippen LogP contribution < -0.4 is 10.6 Å². The molecule has 0 aromatic carbocycles. The molecule has 0 aliphatic carbocycles. The fourth-order valence-corrected chi connectivity index (χ4v) is 1.39. The van der Waals surface area contributed by atoms with Crippen LogP contribution in [-0.2, 0) is 0 Å². The third-order valence-corrected chi connectivity index (χ3v) is 2.09. The van der Waals surface area contributed by atoms with Crippen molar-refractivity contribution in [3.63, 3.8) is 0 Å². The van der Waals surface area contributed by atoms with Crippen molar-refractivity contribution >= 4 is 17.2 Å². The van der Waals surface area contributed by atoms with Crippen LogP contribution in [0.15, 0.2) is 10.9 Å². The van der Waals surface area contributed by atoms with Gasteiger partial charge < -0.3 is 10.6 Å². The molecule has 1 rings (SSSR count). The second-order valence-corrected chi connectivity index (χ2v) is 3.20. The van der Waals surface area contributed by atoms with Gasteiger partial charge in [-0.1, -0.05) is 6.92 Å². The van der Waals surface area contributed by atoms with E-state index >= 15 is 0 Å². The Labute approximate surface area is 81.4 Å². The molecule has 0 aliphatic rings. The van der Waals surface area contributed by atoms with Crippen LogP contribution in [0.3, 0.4) is 0 Å². The Kier molecular flexibility index (Phi) is 4.42. The van der Waals surface area contributed by atoms with Gasteiger partial charge in [0.15, 0.2) is 0 Å². The van der Waals surface area contributed by atoms with Crippen LogP contribution in [0, 0.1) is 0 Å². The zero-order valence-corrected chi connectivity index (χ0v) is 8.36. The molecular weight excluding hydrogens is 186 g/mol. The van der Waals surface area contributed by atoms with E-state index in [1.807, 2.05) is 6.92 Å². The molecule has 13 heavy (non-hydrogen) atoms. The molecule has 0 atom stereocenters. The minimum atomic E-state index is -0.0980. The predicted molar refractivity (Wildman–Crippen MR) is 53.0 cm³/mol. The first-order valence-electron chi connectivity index (χ1n) is 4.21. The molecule has 0 aliphatic heterocycles. The summed E-state index contributed by atoms with van der Waals surface area (Å²) in [6.07, 6.45) is 0. The smallest absolute Gasteiger partial charge is 0.270 e. The van der Waals surface area contributed by atoms with Gasteiger partial charge in [-0.25, -0.2) is 4.98 Å². The lowest BCUT2D eigenvalue weighted by molar-refractivity contribution is 0.0949. The number of carbonyl (C=O) groups excluding carboxylic acids is 1. The Morgan fingerprint density at radius 3 is 3.08 bits per heavy atom. The average Bonchev–Trinajstić information content (AvgIpc) is 2.65. The number of nitrogens with one attached hydrogen (secondary N) is 2. The van der Waals surface area contributed by atoms with Gasteiger partial charge in [0, 0.05) is 18.5 Å². The van der Waals surface area contributed by atoms with E-state index < -0.39 is 0 Å². The molecule has 72 valence electrons. The number of hydrogen-bond donors (Lipinski definition) is 2. The van der Waals surface area contributed by atoms with E-state index in [0.717, 1.165) is 13.1 Å². The Balaban J connectivity index is 2.19. The maximum Gasteiger partial charge on any atom is 0.270 e. The molecular formula is C8H13N3OS. The summed E-state index contributed by atoms with van der Waals surface area (Å²) in [4.78, 5) is 15.2. The number of nitrogens with zero attached hydrogens (tertiary/aromatic N) is 1. The zero-order chi connectivity index (χ0) is 9.52. The fourth-order valence-electron chi connectivity index (χ4n) is 0.856. The van der Waals surface area contributed by atoms with Gasteiger partial charge in [0.2, 0.25) is 0 Å². The van der Waals surface area contributed by atoms with E-state index in [1.165, 1.54) is 11.3 Å². The number of carbonyl (C=O) groups is 1. The number of rotatable bonds is 5. The lowest BCUT2D eigenvalue weighted by atomic mass is 10.4. The Morgan fingerprint density at radius 2 is 2.46 bits per heavy atom. The molecule has 0 radical (unpaired) electrons. The molecule has 0 saturated heterocycles. The van der Waals surface area contributed by atoms with Gasteiger partial charge in [0.1, 0.15) is 5.69 Å². The van der Waals surface area contributed by atoms with Gasteiger partial charge in [-0.05, 0) is 6.54 Å². The molecule has 1 amide bonds. The molecule has 0 saturated carbocycles. The SMILES string of the molecule is CCNCCNC(=O)c1cscn1. The first kappa shape index (κ1) is 10.1. The predicted octanol–water partition coefficient (Wildman–Crippen LogP) is 0.482. The minimum absolute atomic E-state index is 0.0980. The molecule has 5 heteroatoms. The van der Waals surface area contributed by atoms with Crippen LogP contribution in [0.4, 0.5) is 0 Å². The van der Waals surface area contributed by atoms with E-state index in [0.29, 0.717) is 12.2 Å². The van der Waals surface area contributed by atoms with Gasteiger partial charge in [-0.3, -0.25) is 4.79 Å². The monoisotopic (exact) mass is 199 g/mol. The van der Waals surface area contributed by atoms with Gasteiger partial charge >= 0.3 is 0 Å². The van der Waals surface area contributed by atoms with Crippen molar-refractivity contribution in [1.29, 1.82) is 0 Å². The average molecular weight is 199 g/mol. The number of aromatic nitrogens is 1. The first-order valence-corrected chi connectivity index (χ1v) is 5.16. The van der Waals surface area contributed by atoms with E-state index in [2.05, 4.69) is 15.6 Å². The third-order valence-electron chi connectivity index (χ3n) is 1.50. The zero-order valence-electron chi connectivity index (χ0n) is 7.54. The molecule has 0 unspecified atom stereocenters. The second-order valence-electron chi connectivity index (χ2n) is 2.48. The lowest BCUT2D eigenvalue weighted by Crippen LogP contribution is -2.31. The molecule has 4 nitrogen and oxygen atoms in total. The van der Waals surface area contributed by atoms with Crippen LogP contribution in [0.25, 0.3) is 0 Å². The Morgan fingerprint density at radius 1 is 1.62 bits per heavy atom. The van der Waals surface area contributed by atoms with Gasteiger partial charge in [-0.15, -0.1) is 11.3 Å². The van der Waals surface area contributed by atoms with Crippen molar-refractivity contribution in [3.8, 4) is 0 Å². The van der Waals surface area contributed by atoms with Crippen LogP contribution in [0.5, 0.6) is 0 Å². The van der Waals surface area contributed by atoms with Crippen molar-refractivity contribution in [3.05, 3.63) is 16.6 Å². The number of thiazole rings is 1. The summed E-state index contributed by atoms with van der Waals surface area (Å²) in [5.74, 6) is -0.0980. The topological polar surface area (TPSA) is 54.0 Å². The maximum atomic E-state index is 11.3. The summed E-state index contributed by atoms with van der Waals surface area (Å²) in [5.41, 5.74) is 2.15. The molecule has 1 aromatic rings. The number of amides is 1. The quantitative estimate of drug-likeness (QED) is 0.678. The standard InChI is InChI=1S/C8H13N3OS/c1-2-9-3-4-10-8(12)7-5-13-6-11-7/h5-6,9H,2-4H2,1H3,(H,10,12). The highest BCUT2D eigenvalue weighted by Gasteiger charge is 2.04. The van der Waals surface area contributed by atoms with Crippen LogP contribution in [0.2, 0.25) is 0 Å². The van der Waals surface area contributed by atoms with Gasteiger partial charge in [-0.2, -0.15) is 0 Å². The van der Waals surface area contributed by atoms with E-state index in [-0.39, 0.29) is 5.91 Å². The first-order chi connectivity index (χ1) is 6.34. The molecule has 1 aromatic heterocycles. The van der Waals surface area contributed by atoms with Crippen molar-refractivity contribution in [2.45, 2.75) is 6.92 Å². The fraction of sp³-hybridized carbons (Fsp3) is 0.500. The Bertz CT molecular complexity index is 248. The molecule has 0 fully saturated rings. The number of hydrogen-bond acceptors (Lipinski definition) is 4. The Hall–Kier alpha value is -0.940. The second kappa shape index (κ2) is 5.66. The summed E-state index contributed by atoms with van der Waals surface area (Å²) in [7, 11) is 0. The lowest BCUT2D eigenvalue weighted by Gasteiger charge is -2.02. The van der Waals surface area contributed by atoms with Crippen LogP contribution in [0.1, 0.15) is 17.4 Å². The van der Waals surface area contributed by atoms with E-state index in [1.54, 1.807) is 10.9 Å². The highest BCUT2D eigenvalue weighted by molar-refractivity contribution is 7.07. The normalized spacial score (nSPS) is 9.92. The van der Waals surface area contributed by atoms with Crippen molar-refractivity contribution in [2.75, 3.05) is 19.6 Å². The van der Waals surface area contributed by atoms with Crippen molar-refractivity contribution < 1.29 is 4.79 Å². The third kappa shape index (κ3) is 3.52. The molecule has 2 N–H and O–H groups in total. The summed E-state index contributed by atoms with van der Waals surface area (Å²) in [5, 5.41) is 7.62. The van der Waals surface area contributed by atoms with Crippen molar-refractivity contribution in [2.24, 2.45) is 0 Å². The molecule has 0 bridgehead atoms. The van der Waals surface area contributed by atoms with E-state index in [9.17, 15) is 4.79 Å². The van der Waals surface area contributed by atoms with Crippen LogP contribution >= 0.6 is 11.3 Å². The van der Waals surface area contributed by atoms with Crippen LogP contribution in [-0.4, -0.2) is 30.5 Å². The van der Waals surface area contributed by atoms with Crippen molar-refractivity contribution in [1.82, 2.24) is 15.6 Å². The highest BCUT2D eigenvalue weighted by Crippen LogP contribution is 1.99. The van der Waals surface area contributed by atoms with Gasteiger partial charge in [0.25, 0.3) is 5.91 Å². The van der Waals surface area contributed by atoms with Gasteiger partial charge in [0.05, 0.1) is 5.51 Å².